The summed E-state index contributed by atoms with van der Waals surface area (Å²) in [6, 6.07) is 5.86. The predicted molar refractivity (Wildman–Crippen MR) is 139 cm³/mol. The molecule has 222 valence electrons. The number of carbonyl (C=O) groups is 6. The van der Waals surface area contributed by atoms with Gasteiger partial charge in [-0.2, -0.15) is 0 Å². The third kappa shape index (κ3) is 10.6. The van der Waals surface area contributed by atoms with Gasteiger partial charge in [-0.25, -0.2) is 4.79 Å². The standard InChI is InChI=1S/C28H33NO12/c1-15(30)29-22(28(35)36-6)13-21-9-7-20(8-10-21)11-12-23-25(38-17(3)32)27(40-19(5)34)26(39-18(4)33)24(41-23)14-37-16(2)31/h7-10,22-27H,13-14H2,1-6H3,(H,29,30)/t22-,23-,24-,25-,26-,27-/m1/s1. The predicted octanol–water partition coefficient (Wildman–Crippen LogP) is 0.384. The summed E-state index contributed by atoms with van der Waals surface area (Å²) in [5, 5.41) is 2.54. The van der Waals surface area contributed by atoms with Crippen LogP contribution < -0.4 is 5.32 Å². The van der Waals surface area contributed by atoms with Crippen LogP contribution in [0.1, 0.15) is 45.7 Å². The van der Waals surface area contributed by atoms with Gasteiger partial charge in [0.1, 0.15) is 18.8 Å². The van der Waals surface area contributed by atoms with Crippen LogP contribution in [0.2, 0.25) is 0 Å². The van der Waals surface area contributed by atoms with Crippen molar-refractivity contribution >= 4 is 35.8 Å². The maximum atomic E-state index is 12.0. The molecule has 0 radical (unpaired) electrons. The number of benzene rings is 1. The highest BCUT2D eigenvalue weighted by Gasteiger charge is 2.51. The molecule has 1 amide bonds. The van der Waals surface area contributed by atoms with Crippen LogP contribution in [-0.4, -0.2) is 86.0 Å². The van der Waals surface area contributed by atoms with E-state index in [2.05, 4.69) is 17.2 Å². The lowest BCUT2D eigenvalue weighted by Crippen LogP contribution is -2.62. The van der Waals surface area contributed by atoms with E-state index in [-0.39, 0.29) is 18.9 Å². The monoisotopic (exact) mass is 575 g/mol. The summed E-state index contributed by atoms with van der Waals surface area (Å²) in [4.78, 5) is 70.6. The Morgan fingerprint density at radius 3 is 1.90 bits per heavy atom. The molecule has 1 aliphatic rings. The first-order chi connectivity index (χ1) is 19.3. The molecule has 1 N–H and O–H groups in total. The first-order valence-electron chi connectivity index (χ1n) is 12.6. The van der Waals surface area contributed by atoms with E-state index in [4.69, 9.17) is 28.4 Å². The molecule has 1 aliphatic heterocycles. The molecule has 13 heteroatoms. The molecule has 1 heterocycles. The number of rotatable bonds is 9. The zero-order valence-electron chi connectivity index (χ0n) is 23.6. The van der Waals surface area contributed by atoms with Gasteiger partial charge in [0.2, 0.25) is 5.91 Å². The number of methoxy groups -OCH3 is 1. The fourth-order valence-corrected chi connectivity index (χ4v) is 4.04. The highest BCUT2D eigenvalue weighted by molar-refractivity contribution is 5.83. The highest BCUT2D eigenvalue weighted by atomic mass is 16.7. The molecule has 1 fully saturated rings. The maximum Gasteiger partial charge on any atom is 0.328 e. The van der Waals surface area contributed by atoms with Gasteiger partial charge in [-0.3, -0.25) is 24.0 Å². The van der Waals surface area contributed by atoms with Gasteiger partial charge < -0.3 is 33.7 Å². The molecule has 13 nitrogen and oxygen atoms in total. The summed E-state index contributed by atoms with van der Waals surface area (Å²) >= 11 is 0. The maximum absolute atomic E-state index is 12.0. The molecule has 1 aromatic rings. The first kappa shape index (κ1) is 32.8. The zero-order chi connectivity index (χ0) is 30.7. The molecule has 0 aliphatic carbocycles. The Kier molecular flexibility index (Phi) is 12.3. The van der Waals surface area contributed by atoms with Crippen molar-refractivity contribution in [2.75, 3.05) is 13.7 Å². The summed E-state index contributed by atoms with van der Waals surface area (Å²) in [7, 11) is 1.23. The summed E-state index contributed by atoms with van der Waals surface area (Å²) in [5.74, 6) is 1.93. The molecule has 0 bridgehead atoms. The fourth-order valence-electron chi connectivity index (χ4n) is 4.04. The molecule has 0 saturated carbocycles. The highest BCUT2D eigenvalue weighted by Crippen LogP contribution is 2.29. The van der Waals surface area contributed by atoms with Crippen LogP contribution in [0.15, 0.2) is 24.3 Å². The number of ether oxygens (including phenoxy) is 6. The van der Waals surface area contributed by atoms with Gasteiger partial charge in [0.25, 0.3) is 0 Å². The summed E-state index contributed by atoms with van der Waals surface area (Å²) in [6.07, 6.45) is -5.99. The number of hydrogen-bond acceptors (Lipinski definition) is 12. The van der Waals surface area contributed by atoms with Crippen molar-refractivity contribution in [2.24, 2.45) is 0 Å². The number of carbonyl (C=O) groups excluding carboxylic acids is 6. The van der Waals surface area contributed by atoms with E-state index in [1.165, 1.54) is 21.0 Å². The van der Waals surface area contributed by atoms with E-state index >= 15 is 0 Å². The van der Waals surface area contributed by atoms with Crippen LogP contribution in [0, 0.1) is 11.8 Å². The topological polar surface area (TPSA) is 170 Å². The van der Waals surface area contributed by atoms with Crippen LogP contribution in [-0.2, 0) is 63.6 Å². The quantitative estimate of drug-likeness (QED) is 0.244. The van der Waals surface area contributed by atoms with Crippen LogP contribution in [0.4, 0.5) is 0 Å². The number of hydrogen-bond donors (Lipinski definition) is 1. The molecule has 6 atom stereocenters. The molecule has 1 saturated heterocycles. The Labute approximate surface area is 237 Å². The van der Waals surface area contributed by atoms with Crippen molar-refractivity contribution in [3.8, 4) is 11.8 Å². The van der Waals surface area contributed by atoms with Crippen molar-refractivity contribution in [3.63, 3.8) is 0 Å². The average molecular weight is 576 g/mol. The molecule has 41 heavy (non-hydrogen) atoms. The van der Waals surface area contributed by atoms with Crippen LogP contribution in [0.3, 0.4) is 0 Å². The normalized spacial score (nSPS) is 22.0. The molecule has 2 rings (SSSR count). The second kappa shape index (κ2) is 15.4. The van der Waals surface area contributed by atoms with E-state index in [1.807, 2.05) is 0 Å². The van der Waals surface area contributed by atoms with Crippen molar-refractivity contribution < 1.29 is 57.2 Å². The minimum absolute atomic E-state index is 0.180. The number of nitrogens with one attached hydrogen (secondary N) is 1. The SMILES string of the molecule is COC(=O)[C@@H](Cc1ccc(C#C[C@H]2O[C@H](COC(C)=O)[C@@H](OC(C)=O)[C@H](OC(C)=O)[C@@H]2OC(C)=O)cc1)NC(C)=O. The second-order valence-corrected chi connectivity index (χ2v) is 9.07. The molecular weight excluding hydrogens is 542 g/mol. The van der Waals surface area contributed by atoms with E-state index in [1.54, 1.807) is 24.3 Å². The van der Waals surface area contributed by atoms with E-state index in [0.29, 0.717) is 11.1 Å². The second-order valence-electron chi connectivity index (χ2n) is 9.07. The summed E-state index contributed by atoms with van der Waals surface area (Å²) < 4.78 is 31.9. The van der Waals surface area contributed by atoms with Crippen molar-refractivity contribution in [2.45, 2.75) is 77.6 Å². The van der Waals surface area contributed by atoms with Crippen LogP contribution >= 0.6 is 0 Å². The Morgan fingerprint density at radius 2 is 1.39 bits per heavy atom. The summed E-state index contributed by atoms with van der Waals surface area (Å²) in [6.45, 7) is 5.52. The van der Waals surface area contributed by atoms with Crippen molar-refractivity contribution in [1.82, 2.24) is 5.32 Å². The zero-order valence-corrected chi connectivity index (χ0v) is 23.6. The van der Waals surface area contributed by atoms with E-state index in [0.717, 1.165) is 20.8 Å². The Morgan fingerprint density at radius 1 is 0.829 bits per heavy atom. The summed E-state index contributed by atoms with van der Waals surface area (Å²) in [5.41, 5.74) is 1.22. The Balaban J connectivity index is 2.39. The Bertz CT molecular complexity index is 1200. The lowest BCUT2D eigenvalue weighted by Gasteiger charge is -2.42. The van der Waals surface area contributed by atoms with Crippen LogP contribution in [0.5, 0.6) is 0 Å². The minimum atomic E-state index is -1.32. The third-order valence-electron chi connectivity index (χ3n) is 5.61. The van der Waals surface area contributed by atoms with Gasteiger partial charge in [0, 0.05) is 46.6 Å². The van der Waals surface area contributed by atoms with Gasteiger partial charge in [0.05, 0.1) is 7.11 Å². The number of amides is 1. The molecule has 0 spiro atoms. The Hall–Kier alpha value is -4.44. The molecular formula is C28H33NO12. The van der Waals surface area contributed by atoms with Gasteiger partial charge >= 0.3 is 29.8 Å². The largest absolute Gasteiger partial charge is 0.467 e. The van der Waals surface area contributed by atoms with Gasteiger partial charge in [-0.1, -0.05) is 24.0 Å². The molecule has 1 aromatic carbocycles. The lowest BCUT2D eigenvalue weighted by molar-refractivity contribution is -0.242. The van der Waals surface area contributed by atoms with Crippen molar-refractivity contribution in [1.29, 1.82) is 0 Å². The van der Waals surface area contributed by atoms with Gasteiger partial charge in [-0.05, 0) is 17.7 Å². The lowest BCUT2D eigenvalue weighted by atomic mass is 9.94. The fraction of sp³-hybridized carbons (Fsp3) is 0.500. The van der Waals surface area contributed by atoms with Crippen LogP contribution in [0.25, 0.3) is 0 Å². The number of esters is 5. The first-order valence-corrected chi connectivity index (χ1v) is 12.6. The molecule has 0 aromatic heterocycles. The third-order valence-corrected chi connectivity index (χ3v) is 5.61. The average Bonchev–Trinajstić information content (AvgIpc) is 2.88. The minimum Gasteiger partial charge on any atom is -0.467 e. The smallest absolute Gasteiger partial charge is 0.328 e. The van der Waals surface area contributed by atoms with Crippen molar-refractivity contribution in [3.05, 3.63) is 35.4 Å². The van der Waals surface area contributed by atoms with Gasteiger partial charge in [-0.15, -0.1) is 0 Å². The van der Waals surface area contributed by atoms with Gasteiger partial charge in [0.15, 0.2) is 24.4 Å². The molecule has 0 unspecified atom stereocenters. The van der Waals surface area contributed by atoms with E-state index in [9.17, 15) is 28.8 Å². The van der Waals surface area contributed by atoms with E-state index < -0.39 is 66.4 Å².